The van der Waals surface area contributed by atoms with Crippen molar-refractivity contribution in [1.82, 2.24) is 0 Å². The number of allylic oxidation sites excluding steroid dienone is 2. The second kappa shape index (κ2) is 6.13. The second-order valence-electron chi connectivity index (χ2n) is 2.04. The van der Waals surface area contributed by atoms with Gasteiger partial charge in [-0.2, -0.15) is 0 Å². The van der Waals surface area contributed by atoms with E-state index in [4.69, 9.17) is 15.0 Å². The van der Waals surface area contributed by atoms with E-state index in [9.17, 15) is 0 Å². The maximum atomic E-state index is 8.56. The van der Waals surface area contributed by atoms with Crippen LogP contribution < -0.4 is 0 Å². The van der Waals surface area contributed by atoms with Crippen LogP contribution in [0.4, 0.5) is 4.79 Å². The molecule has 0 aromatic rings. The van der Waals surface area contributed by atoms with Gasteiger partial charge in [-0.1, -0.05) is 12.2 Å². The van der Waals surface area contributed by atoms with Crippen molar-refractivity contribution < 1.29 is 15.0 Å². The average molecular weight is 144 g/mol. The molecule has 0 heterocycles. The highest BCUT2D eigenvalue weighted by atomic mass is 16.6. The molecule has 1 aliphatic carbocycles. The predicted octanol–water partition coefficient (Wildman–Crippen LogP) is 2.34. The van der Waals surface area contributed by atoms with Crippen LogP contribution in [-0.4, -0.2) is 16.4 Å². The molecule has 0 bridgehead atoms. The smallest absolute Gasteiger partial charge is 0.450 e. The van der Waals surface area contributed by atoms with E-state index in [1.807, 2.05) is 0 Å². The van der Waals surface area contributed by atoms with Crippen LogP contribution in [0.2, 0.25) is 0 Å². The maximum absolute atomic E-state index is 8.56. The molecule has 2 N–H and O–H groups in total. The fourth-order valence-corrected chi connectivity index (χ4v) is 0.760. The Morgan fingerprint density at radius 2 is 1.40 bits per heavy atom. The number of hydrogen-bond acceptors (Lipinski definition) is 1. The van der Waals surface area contributed by atoms with E-state index in [2.05, 4.69) is 12.2 Å². The molecular formula is C7H12O3. The van der Waals surface area contributed by atoms with E-state index in [1.54, 1.807) is 0 Å². The molecule has 0 saturated carbocycles. The minimum absolute atomic E-state index is 1.32. The minimum Gasteiger partial charge on any atom is -0.450 e. The molecule has 3 nitrogen and oxygen atoms in total. The van der Waals surface area contributed by atoms with Gasteiger partial charge in [0.2, 0.25) is 0 Å². The lowest BCUT2D eigenvalue weighted by Crippen LogP contribution is -1.81. The summed E-state index contributed by atoms with van der Waals surface area (Å²) in [6.45, 7) is 0. The van der Waals surface area contributed by atoms with Gasteiger partial charge < -0.3 is 10.2 Å². The monoisotopic (exact) mass is 144 g/mol. The van der Waals surface area contributed by atoms with Gasteiger partial charge in [-0.25, -0.2) is 4.79 Å². The predicted molar refractivity (Wildman–Crippen MR) is 38.3 cm³/mol. The highest BCUT2D eigenvalue weighted by Crippen LogP contribution is 2.07. The lowest BCUT2D eigenvalue weighted by atomic mass is 10.1. The van der Waals surface area contributed by atoms with Crippen LogP contribution in [0.3, 0.4) is 0 Å². The summed E-state index contributed by atoms with van der Waals surface area (Å²) >= 11 is 0. The van der Waals surface area contributed by atoms with E-state index >= 15 is 0 Å². The first-order chi connectivity index (χ1) is 4.73. The zero-order chi connectivity index (χ0) is 7.82. The zero-order valence-electron chi connectivity index (χ0n) is 5.79. The van der Waals surface area contributed by atoms with Crippen molar-refractivity contribution in [3.63, 3.8) is 0 Å². The fraction of sp³-hybridized carbons (Fsp3) is 0.571. The molecule has 1 aliphatic rings. The SMILES string of the molecule is C1=CCCCC1.O=C(O)O. The Balaban J connectivity index is 0.000000180. The molecule has 0 atom stereocenters. The molecule has 0 saturated heterocycles. The molecule has 0 aliphatic heterocycles. The summed E-state index contributed by atoms with van der Waals surface area (Å²) in [5.74, 6) is 0. The largest absolute Gasteiger partial charge is 0.503 e. The first-order valence-electron chi connectivity index (χ1n) is 3.30. The Morgan fingerprint density at radius 1 is 1.10 bits per heavy atom. The highest BCUT2D eigenvalue weighted by Gasteiger charge is 1.87. The fourth-order valence-electron chi connectivity index (χ4n) is 0.760. The quantitative estimate of drug-likeness (QED) is 0.513. The van der Waals surface area contributed by atoms with E-state index in [-0.39, 0.29) is 0 Å². The Labute approximate surface area is 60.0 Å². The summed E-state index contributed by atoms with van der Waals surface area (Å²) in [6, 6.07) is 0. The van der Waals surface area contributed by atoms with Gasteiger partial charge in [0.15, 0.2) is 0 Å². The molecule has 0 amide bonds. The van der Waals surface area contributed by atoms with Crippen LogP contribution in [-0.2, 0) is 0 Å². The van der Waals surface area contributed by atoms with Crippen molar-refractivity contribution in [1.29, 1.82) is 0 Å². The van der Waals surface area contributed by atoms with E-state index in [0.717, 1.165) is 0 Å². The second-order valence-corrected chi connectivity index (χ2v) is 2.04. The van der Waals surface area contributed by atoms with Gasteiger partial charge in [0.05, 0.1) is 0 Å². The number of carboxylic acid groups (broad SMARTS) is 2. The molecular weight excluding hydrogens is 132 g/mol. The molecule has 0 aromatic carbocycles. The van der Waals surface area contributed by atoms with Gasteiger partial charge in [-0.3, -0.25) is 0 Å². The Kier molecular flexibility index (Phi) is 5.53. The van der Waals surface area contributed by atoms with Crippen molar-refractivity contribution in [2.45, 2.75) is 25.7 Å². The third-order valence-corrected chi connectivity index (χ3v) is 1.16. The van der Waals surface area contributed by atoms with Crippen LogP contribution in [0.5, 0.6) is 0 Å². The van der Waals surface area contributed by atoms with Gasteiger partial charge >= 0.3 is 6.16 Å². The molecule has 0 spiro atoms. The van der Waals surface area contributed by atoms with Crippen molar-refractivity contribution in [3.8, 4) is 0 Å². The van der Waals surface area contributed by atoms with Crippen LogP contribution in [0, 0.1) is 0 Å². The maximum Gasteiger partial charge on any atom is 0.503 e. The van der Waals surface area contributed by atoms with Crippen LogP contribution >= 0.6 is 0 Å². The van der Waals surface area contributed by atoms with Crippen molar-refractivity contribution in [3.05, 3.63) is 12.2 Å². The third-order valence-electron chi connectivity index (χ3n) is 1.16. The molecule has 0 unspecified atom stereocenters. The lowest BCUT2D eigenvalue weighted by Gasteiger charge is -1.97. The van der Waals surface area contributed by atoms with Gasteiger partial charge in [-0.15, -0.1) is 0 Å². The number of hydrogen-bond donors (Lipinski definition) is 2. The summed E-state index contributed by atoms with van der Waals surface area (Å²) in [7, 11) is 0. The first kappa shape index (κ1) is 9.01. The Bertz CT molecular complexity index is 106. The molecule has 3 heteroatoms. The summed E-state index contributed by atoms with van der Waals surface area (Å²) in [6.07, 6.45) is 8.17. The third kappa shape index (κ3) is 10.1. The van der Waals surface area contributed by atoms with Gasteiger partial charge in [0, 0.05) is 0 Å². The van der Waals surface area contributed by atoms with Gasteiger partial charge in [0.25, 0.3) is 0 Å². The summed E-state index contributed by atoms with van der Waals surface area (Å²) in [5.41, 5.74) is 0. The highest BCUT2D eigenvalue weighted by molar-refractivity contribution is 5.53. The van der Waals surface area contributed by atoms with Gasteiger partial charge in [-0.05, 0) is 25.7 Å². The molecule has 0 radical (unpaired) electrons. The van der Waals surface area contributed by atoms with Crippen molar-refractivity contribution in [2.75, 3.05) is 0 Å². The van der Waals surface area contributed by atoms with E-state index in [1.165, 1.54) is 25.7 Å². The van der Waals surface area contributed by atoms with E-state index < -0.39 is 6.16 Å². The zero-order valence-corrected chi connectivity index (χ0v) is 5.79. The van der Waals surface area contributed by atoms with Gasteiger partial charge in [0.1, 0.15) is 0 Å². The molecule has 58 valence electrons. The van der Waals surface area contributed by atoms with Crippen LogP contribution in [0.15, 0.2) is 12.2 Å². The standard InChI is InChI=1S/C6H10.CH2O3/c1-2-4-6-5-3-1;2-1(3)4/h1-2H,3-6H2;(H2,2,3,4). The van der Waals surface area contributed by atoms with Crippen molar-refractivity contribution >= 4 is 6.16 Å². The molecule has 0 fully saturated rings. The first-order valence-corrected chi connectivity index (χ1v) is 3.30. The minimum atomic E-state index is -1.83. The number of carbonyl (C=O) groups is 1. The Hall–Kier alpha value is -0.990. The topological polar surface area (TPSA) is 57.5 Å². The van der Waals surface area contributed by atoms with Crippen LogP contribution in [0.25, 0.3) is 0 Å². The van der Waals surface area contributed by atoms with Crippen molar-refractivity contribution in [2.24, 2.45) is 0 Å². The molecule has 0 aromatic heterocycles. The normalized spacial score (nSPS) is 15.2. The number of rotatable bonds is 0. The average Bonchev–Trinajstić information content (AvgIpc) is 1.90. The van der Waals surface area contributed by atoms with Crippen LogP contribution in [0.1, 0.15) is 25.7 Å². The molecule has 1 rings (SSSR count). The summed E-state index contributed by atoms with van der Waals surface area (Å²) in [4.78, 5) is 8.56. The summed E-state index contributed by atoms with van der Waals surface area (Å²) in [5, 5.41) is 13.9. The van der Waals surface area contributed by atoms with E-state index in [0.29, 0.717) is 0 Å². The lowest BCUT2D eigenvalue weighted by molar-refractivity contribution is 0.137. The molecule has 10 heavy (non-hydrogen) atoms. The summed E-state index contributed by atoms with van der Waals surface area (Å²) < 4.78 is 0. The Morgan fingerprint density at radius 3 is 1.50 bits per heavy atom.